The summed E-state index contributed by atoms with van der Waals surface area (Å²) in [6, 6.07) is 7.39. The lowest BCUT2D eigenvalue weighted by atomic mass is 10.2. The van der Waals surface area contributed by atoms with Crippen LogP contribution in [0.3, 0.4) is 0 Å². The maximum atomic E-state index is 5.48. The molecule has 0 aliphatic carbocycles. The lowest BCUT2D eigenvalue weighted by Crippen LogP contribution is -1.92. The summed E-state index contributed by atoms with van der Waals surface area (Å²) in [5.41, 5.74) is 6.56. The van der Waals surface area contributed by atoms with Gasteiger partial charge in [0.05, 0.1) is 6.54 Å². The highest BCUT2D eigenvalue weighted by Gasteiger charge is 2.12. The molecule has 0 fully saturated rings. The number of aromatic nitrogens is 3. The molecule has 0 bridgehead atoms. The minimum absolute atomic E-state index is 0.345. The molecule has 0 spiro atoms. The second-order valence-corrected chi connectivity index (χ2v) is 4.02. The fourth-order valence-corrected chi connectivity index (χ4v) is 1.71. The minimum Gasteiger partial charge on any atom is -0.455 e. The van der Waals surface area contributed by atoms with Crippen molar-refractivity contribution in [2.75, 3.05) is 0 Å². The molecule has 2 N–H and O–H groups in total. The predicted molar refractivity (Wildman–Crippen MR) is 66.9 cm³/mol. The van der Waals surface area contributed by atoms with Crippen LogP contribution in [0.2, 0.25) is 0 Å². The second kappa shape index (κ2) is 5.03. The monoisotopic (exact) mass is 256 g/mol. The van der Waals surface area contributed by atoms with Gasteiger partial charge in [0.1, 0.15) is 5.76 Å². The summed E-state index contributed by atoms with van der Waals surface area (Å²) in [6.07, 6.45) is 4.06. The fraction of sp³-hybridized carbons (Fsp3) is 0.154. The SMILES string of the molecule is NCc1ccc(-c2nc(Cc3ccncc3)no2)o1. The summed E-state index contributed by atoms with van der Waals surface area (Å²) in [5.74, 6) is 2.19. The Balaban J connectivity index is 1.79. The molecule has 0 saturated carbocycles. The third-order valence-corrected chi connectivity index (χ3v) is 2.65. The van der Waals surface area contributed by atoms with Crippen molar-refractivity contribution in [3.63, 3.8) is 0 Å². The third kappa shape index (κ3) is 2.53. The van der Waals surface area contributed by atoms with E-state index < -0.39 is 0 Å². The van der Waals surface area contributed by atoms with E-state index in [0.29, 0.717) is 36.2 Å². The zero-order chi connectivity index (χ0) is 13.1. The number of nitrogens with zero attached hydrogens (tertiary/aromatic N) is 3. The van der Waals surface area contributed by atoms with E-state index in [4.69, 9.17) is 14.7 Å². The Labute approximate surface area is 109 Å². The van der Waals surface area contributed by atoms with Crippen LogP contribution in [0.5, 0.6) is 0 Å². The summed E-state index contributed by atoms with van der Waals surface area (Å²) in [5, 5.41) is 3.93. The van der Waals surface area contributed by atoms with E-state index in [-0.39, 0.29) is 0 Å². The topological polar surface area (TPSA) is 91.0 Å². The van der Waals surface area contributed by atoms with Gasteiger partial charge in [-0.15, -0.1) is 0 Å². The van der Waals surface area contributed by atoms with Gasteiger partial charge in [-0.3, -0.25) is 4.98 Å². The van der Waals surface area contributed by atoms with E-state index in [1.54, 1.807) is 24.5 Å². The molecule has 19 heavy (non-hydrogen) atoms. The van der Waals surface area contributed by atoms with Crippen LogP contribution in [0.4, 0.5) is 0 Å². The van der Waals surface area contributed by atoms with Crippen molar-refractivity contribution >= 4 is 0 Å². The number of rotatable bonds is 4. The summed E-state index contributed by atoms with van der Waals surface area (Å²) < 4.78 is 10.6. The molecular weight excluding hydrogens is 244 g/mol. The van der Waals surface area contributed by atoms with Crippen LogP contribution >= 0.6 is 0 Å². The molecule has 0 aromatic carbocycles. The van der Waals surface area contributed by atoms with Crippen LogP contribution < -0.4 is 5.73 Å². The second-order valence-electron chi connectivity index (χ2n) is 4.02. The number of nitrogens with two attached hydrogens (primary N) is 1. The van der Waals surface area contributed by atoms with Crippen molar-refractivity contribution in [1.82, 2.24) is 15.1 Å². The van der Waals surface area contributed by atoms with Crippen LogP contribution in [0.1, 0.15) is 17.1 Å². The lowest BCUT2D eigenvalue weighted by Gasteiger charge is -1.93. The van der Waals surface area contributed by atoms with Gasteiger partial charge in [-0.1, -0.05) is 5.16 Å². The molecule has 0 radical (unpaired) electrons. The highest BCUT2D eigenvalue weighted by molar-refractivity contribution is 5.44. The van der Waals surface area contributed by atoms with E-state index in [2.05, 4.69) is 15.1 Å². The molecule has 3 rings (SSSR count). The van der Waals surface area contributed by atoms with Gasteiger partial charge in [0.25, 0.3) is 5.89 Å². The Morgan fingerprint density at radius 1 is 1.11 bits per heavy atom. The van der Waals surface area contributed by atoms with Crippen molar-refractivity contribution in [3.05, 3.63) is 53.8 Å². The van der Waals surface area contributed by atoms with Crippen molar-refractivity contribution < 1.29 is 8.94 Å². The van der Waals surface area contributed by atoms with E-state index in [9.17, 15) is 0 Å². The van der Waals surface area contributed by atoms with Gasteiger partial charge >= 0.3 is 0 Å². The normalized spacial score (nSPS) is 10.8. The summed E-state index contributed by atoms with van der Waals surface area (Å²) >= 11 is 0. The maximum Gasteiger partial charge on any atom is 0.293 e. The molecule has 96 valence electrons. The van der Waals surface area contributed by atoms with Crippen LogP contribution in [-0.4, -0.2) is 15.1 Å². The number of pyridine rings is 1. The van der Waals surface area contributed by atoms with Gasteiger partial charge in [-0.25, -0.2) is 0 Å². The lowest BCUT2D eigenvalue weighted by molar-refractivity contribution is 0.406. The minimum atomic E-state index is 0.345. The molecule has 3 aromatic heterocycles. The van der Waals surface area contributed by atoms with Crippen LogP contribution in [-0.2, 0) is 13.0 Å². The molecule has 0 amide bonds. The van der Waals surface area contributed by atoms with Gasteiger partial charge in [0.15, 0.2) is 11.6 Å². The smallest absolute Gasteiger partial charge is 0.293 e. The number of furan rings is 1. The molecule has 3 aromatic rings. The fourth-order valence-electron chi connectivity index (χ4n) is 1.71. The molecule has 0 aliphatic heterocycles. The molecule has 6 nitrogen and oxygen atoms in total. The van der Waals surface area contributed by atoms with Crippen molar-refractivity contribution in [1.29, 1.82) is 0 Å². The third-order valence-electron chi connectivity index (χ3n) is 2.65. The van der Waals surface area contributed by atoms with Crippen molar-refractivity contribution in [2.24, 2.45) is 5.73 Å². The molecule has 0 unspecified atom stereocenters. The van der Waals surface area contributed by atoms with Crippen LogP contribution in [0.15, 0.2) is 45.6 Å². The Kier molecular flexibility index (Phi) is 3.07. The van der Waals surface area contributed by atoms with E-state index in [1.807, 2.05) is 12.1 Å². The van der Waals surface area contributed by atoms with Gasteiger partial charge in [0, 0.05) is 18.8 Å². The Hall–Kier alpha value is -2.47. The highest BCUT2D eigenvalue weighted by atomic mass is 16.5. The van der Waals surface area contributed by atoms with Crippen molar-refractivity contribution in [3.8, 4) is 11.7 Å². The molecule has 0 saturated heterocycles. The van der Waals surface area contributed by atoms with Gasteiger partial charge in [-0.2, -0.15) is 4.98 Å². The Bertz CT molecular complexity index is 660. The van der Waals surface area contributed by atoms with Crippen LogP contribution in [0, 0.1) is 0 Å². The molecule has 3 heterocycles. The maximum absolute atomic E-state index is 5.48. The van der Waals surface area contributed by atoms with Gasteiger partial charge < -0.3 is 14.7 Å². The molecule has 0 aliphatic rings. The molecule has 6 heteroatoms. The Morgan fingerprint density at radius 2 is 1.95 bits per heavy atom. The zero-order valence-corrected chi connectivity index (χ0v) is 10.1. The molecular formula is C13H12N4O2. The van der Waals surface area contributed by atoms with Gasteiger partial charge in [0.2, 0.25) is 0 Å². The first-order chi connectivity index (χ1) is 9.35. The number of hydrogen-bond acceptors (Lipinski definition) is 6. The van der Waals surface area contributed by atoms with E-state index in [0.717, 1.165) is 5.56 Å². The zero-order valence-electron chi connectivity index (χ0n) is 10.1. The van der Waals surface area contributed by atoms with Gasteiger partial charge in [-0.05, 0) is 29.8 Å². The van der Waals surface area contributed by atoms with E-state index >= 15 is 0 Å². The summed E-state index contributed by atoms with van der Waals surface area (Å²) in [4.78, 5) is 8.25. The first-order valence-electron chi connectivity index (χ1n) is 5.86. The average molecular weight is 256 g/mol. The largest absolute Gasteiger partial charge is 0.455 e. The Morgan fingerprint density at radius 3 is 2.68 bits per heavy atom. The first-order valence-corrected chi connectivity index (χ1v) is 5.86. The van der Waals surface area contributed by atoms with E-state index in [1.165, 1.54) is 0 Å². The predicted octanol–water partition coefficient (Wildman–Crippen LogP) is 1.77. The quantitative estimate of drug-likeness (QED) is 0.765. The summed E-state index contributed by atoms with van der Waals surface area (Å²) in [6.45, 7) is 0.345. The standard InChI is InChI=1S/C13H12N4O2/c14-8-10-1-2-11(18-10)13-16-12(17-19-13)7-9-3-5-15-6-4-9/h1-6H,7-8,14H2. The number of hydrogen-bond donors (Lipinski definition) is 1. The highest BCUT2D eigenvalue weighted by Crippen LogP contribution is 2.20. The summed E-state index contributed by atoms with van der Waals surface area (Å²) in [7, 11) is 0. The van der Waals surface area contributed by atoms with Crippen LogP contribution in [0.25, 0.3) is 11.7 Å². The average Bonchev–Trinajstić information content (AvgIpc) is 3.08. The van der Waals surface area contributed by atoms with Crippen molar-refractivity contribution in [2.45, 2.75) is 13.0 Å². The first kappa shape index (κ1) is 11.6. The molecule has 0 atom stereocenters.